The molecule has 1 aliphatic rings. The third-order valence-corrected chi connectivity index (χ3v) is 4.60. The molecular weight excluding hydrogens is 392 g/mol. The van der Waals surface area contributed by atoms with Crippen molar-refractivity contribution < 1.29 is 19.0 Å². The fourth-order valence-corrected chi connectivity index (χ4v) is 3.05. The Morgan fingerprint density at radius 1 is 1.03 bits per heavy atom. The molecule has 3 aromatic carbocycles. The first-order valence-corrected chi connectivity index (χ1v) is 9.87. The van der Waals surface area contributed by atoms with E-state index in [0.717, 1.165) is 28.2 Å². The molecule has 0 fully saturated rings. The number of carbonyl (C=O) groups is 1. The number of hydrogen-bond acceptors (Lipinski definition) is 5. The number of nitrogens with zero attached hydrogens (tertiary/aromatic N) is 1. The van der Waals surface area contributed by atoms with Gasteiger partial charge < -0.3 is 14.2 Å². The maximum absolute atomic E-state index is 12.2. The van der Waals surface area contributed by atoms with Crippen LogP contribution in [0.1, 0.15) is 12.5 Å². The topological polar surface area (TPSA) is 69.2 Å². The minimum atomic E-state index is -0.335. The standard InChI is InChI=1S/C25H22N2O4/c1-18(11-12-19-13-14-23-24(15-19)31-17-30-23)26-27-25(28)16-29-22-10-6-5-9-21(22)20-7-3-2-4-8-20/h2-15H,16-17H2,1H3,(H,27,28)/b12-11+,26-18+. The van der Waals surface area contributed by atoms with Crippen LogP contribution in [0.25, 0.3) is 17.2 Å². The summed E-state index contributed by atoms with van der Waals surface area (Å²) in [5.74, 6) is 1.77. The first-order valence-electron chi connectivity index (χ1n) is 9.87. The van der Waals surface area contributed by atoms with Gasteiger partial charge >= 0.3 is 0 Å². The smallest absolute Gasteiger partial charge is 0.277 e. The van der Waals surface area contributed by atoms with Crippen molar-refractivity contribution in [2.45, 2.75) is 6.92 Å². The van der Waals surface area contributed by atoms with Crippen LogP contribution in [0.2, 0.25) is 0 Å². The highest BCUT2D eigenvalue weighted by atomic mass is 16.7. The number of fused-ring (bicyclic) bond motifs is 1. The lowest BCUT2D eigenvalue weighted by Gasteiger charge is -2.11. The van der Waals surface area contributed by atoms with Crippen molar-refractivity contribution in [3.05, 3.63) is 84.4 Å². The summed E-state index contributed by atoms with van der Waals surface area (Å²) in [5, 5.41) is 4.10. The van der Waals surface area contributed by atoms with Gasteiger partial charge in [0.2, 0.25) is 6.79 Å². The molecule has 3 aromatic rings. The van der Waals surface area contributed by atoms with Gasteiger partial charge in [-0.25, -0.2) is 5.43 Å². The van der Waals surface area contributed by atoms with Crippen LogP contribution in [0, 0.1) is 0 Å². The number of allylic oxidation sites excluding steroid dienone is 1. The van der Waals surface area contributed by atoms with Crippen molar-refractivity contribution >= 4 is 17.7 Å². The van der Waals surface area contributed by atoms with E-state index in [2.05, 4.69) is 10.5 Å². The molecule has 0 aromatic heterocycles. The molecule has 0 radical (unpaired) electrons. The SMILES string of the molecule is CC(/C=C/c1ccc2c(c1)OCO2)=N\NC(=O)COc1ccccc1-c1ccccc1. The van der Waals surface area contributed by atoms with Crippen LogP contribution in [0.5, 0.6) is 17.2 Å². The number of nitrogens with one attached hydrogen (secondary N) is 1. The maximum atomic E-state index is 12.2. The highest BCUT2D eigenvalue weighted by Gasteiger charge is 2.12. The zero-order valence-corrected chi connectivity index (χ0v) is 17.1. The molecule has 1 amide bonds. The summed E-state index contributed by atoms with van der Waals surface area (Å²) in [6.45, 7) is 1.91. The molecule has 0 saturated heterocycles. The van der Waals surface area contributed by atoms with Gasteiger partial charge in [0.15, 0.2) is 18.1 Å². The van der Waals surface area contributed by atoms with Gasteiger partial charge in [0.1, 0.15) is 5.75 Å². The van der Waals surface area contributed by atoms with Crippen LogP contribution >= 0.6 is 0 Å². The van der Waals surface area contributed by atoms with Gasteiger partial charge in [-0.2, -0.15) is 5.10 Å². The number of amides is 1. The minimum absolute atomic E-state index is 0.132. The van der Waals surface area contributed by atoms with Crippen LogP contribution in [-0.4, -0.2) is 25.0 Å². The molecule has 6 nitrogen and oxygen atoms in total. The van der Waals surface area contributed by atoms with Crippen molar-refractivity contribution in [2.24, 2.45) is 5.10 Å². The molecule has 0 spiro atoms. The number of hydrazone groups is 1. The van der Waals surface area contributed by atoms with Crippen LogP contribution in [0.4, 0.5) is 0 Å². The van der Waals surface area contributed by atoms with Gasteiger partial charge in [-0.15, -0.1) is 0 Å². The third-order valence-electron chi connectivity index (χ3n) is 4.60. The highest BCUT2D eigenvalue weighted by molar-refractivity contribution is 5.97. The Labute approximate surface area is 180 Å². The average Bonchev–Trinajstić information content (AvgIpc) is 3.29. The molecule has 0 unspecified atom stereocenters. The van der Waals surface area contributed by atoms with E-state index in [1.54, 1.807) is 6.92 Å². The van der Waals surface area contributed by atoms with Crippen molar-refractivity contribution in [2.75, 3.05) is 13.4 Å². The van der Waals surface area contributed by atoms with Gasteiger partial charge in [-0.05, 0) is 42.3 Å². The summed E-state index contributed by atoms with van der Waals surface area (Å²) in [7, 11) is 0. The van der Waals surface area contributed by atoms with Gasteiger partial charge in [0.25, 0.3) is 5.91 Å². The second-order valence-electron chi connectivity index (χ2n) is 6.89. The maximum Gasteiger partial charge on any atom is 0.277 e. The van der Waals surface area contributed by atoms with E-state index in [0.29, 0.717) is 11.5 Å². The molecular formula is C25H22N2O4. The molecule has 1 N–H and O–H groups in total. The molecule has 0 aliphatic carbocycles. The number of hydrogen-bond donors (Lipinski definition) is 1. The fraction of sp³-hybridized carbons (Fsp3) is 0.120. The Morgan fingerprint density at radius 3 is 2.68 bits per heavy atom. The lowest BCUT2D eigenvalue weighted by Crippen LogP contribution is -2.25. The Kier molecular flexibility index (Phi) is 6.28. The summed E-state index contributed by atoms with van der Waals surface area (Å²) >= 11 is 0. The second kappa shape index (κ2) is 9.63. The van der Waals surface area contributed by atoms with E-state index >= 15 is 0 Å². The lowest BCUT2D eigenvalue weighted by molar-refractivity contribution is -0.123. The van der Waals surface area contributed by atoms with Crippen LogP contribution < -0.4 is 19.6 Å². The van der Waals surface area contributed by atoms with Gasteiger partial charge in [0, 0.05) is 5.56 Å². The summed E-state index contributed by atoms with van der Waals surface area (Å²) in [5.41, 5.74) is 6.08. The van der Waals surface area contributed by atoms with Crippen LogP contribution in [0.15, 0.2) is 84.0 Å². The van der Waals surface area contributed by atoms with E-state index in [-0.39, 0.29) is 19.3 Å². The Balaban J connectivity index is 1.32. The molecule has 4 rings (SSSR count). The predicted molar refractivity (Wildman–Crippen MR) is 120 cm³/mol. The predicted octanol–water partition coefficient (Wildman–Crippen LogP) is 4.67. The second-order valence-corrected chi connectivity index (χ2v) is 6.89. The number of ether oxygens (including phenoxy) is 3. The van der Waals surface area contributed by atoms with Gasteiger partial charge in [0.05, 0.1) is 5.71 Å². The monoisotopic (exact) mass is 414 g/mol. The fourth-order valence-electron chi connectivity index (χ4n) is 3.05. The molecule has 31 heavy (non-hydrogen) atoms. The van der Waals surface area contributed by atoms with E-state index < -0.39 is 0 Å². The number of carbonyl (C=O) groups excluding carboxylic acids is 1. The molecule has 0 atom stereocenters. The summed E-state index contributed by atoms with van der Waals surface area (Å²) in [6.07, 6.45) is 3.70. The summed E-state index contributed by atoms with van der Waals surface area (Å²) < 4.78 is 16.4. The zero-order valence-electron chi connectivity index (χ0n) is 17.1. The third kappa shape index (κ3) is 5.30. The minimum Gasteiger partial charge on any atom is -0.483 e. The van der Waals surface area contributed by atoms with E-state index in [1.165, 1.54) is 0 Å². The van der Waals surface area contributed by atoms with Gasteiger partial charge in [-0.1, -0.05) is 60.7 Å². The molecule has 6 heteroatoms. The first-order chi connectivity index (χ1) is 15.2. The summed E-state index contributed by atoms with van der Waals surface area (Å²) in [4.78, 5) is 12.2. The molecule has 0 saturated carbocycles. The Bertz CT molecular complexity index is 1120. The number of benzene rings is 3. The highest BCUT2D eigenvalue weighted by Crippen LogP contribution is 2.33. The number of rotatable bonds is 7. The molecule has 1 aliphatic heterocycles. The Morgan fingerprint density at radius 2 is 1.81 bits per heavy atom. The largest absolute Gasteiger partial charge is 0.483 e. The van der Waals surface area contributed by atoms with E-state index in [1.807, 2.05) is 84.9 Å². The van der Waals surface area contributed by atoms with E-state index in [4.69, 9.17) is 14.2 Å². The van der Waals surface area contributed by atoms with Crippen molar-refractivity contribution in [1.82, 2.24) is 5.43 Å². The zero-order chi connectivity index (χ0) is 21.5. The first kappa shape index (κ1) is 20.2. The molecule has 156 valence electrons. The summed E-state index contributed by atoms with van der Waals surface area (Å²) in [6, 6.07) is 23.2. The molecule has 0 bridgehead atoms. The normalized spacial score (nSPS) is 12.7. The number of para-hydroxylation sites is 1. The van der Waals surface area contributed by atoms with Gasteiger partial charge in [-0.3, -0.25) is 4.79 Å². The van der Waals surface area contributed by atoms with Crippen LogP contribution in [0.3, 0.4) is 0 Å². The average molecular weight is 414 g/mol. The van der Waals surface area contributed by atoms with Crippen molar-refractivity contribution in [3.63, 3.8) is 0 Å². The van der Waals surface area contributed by atoms with E-state index in [9.17, 15) is 4.79 Å². The lowest BCUT2D eigenvalue weighted by atomic mass is 10.1. The Hall–Kier alpha value is -4.06. The molecule has 1 heterocycles. The quantitative estimate of drug-likeness (QED) is 0.451. The van der Waals surface area contributed by atoms with Crippen molar-refractivity contribution in [3.8, 4) is 28.4 Å². The van der Waals surface area contributed by atoms with Crippen LogP contribution in [-0.2, 0) is 4.79 Å². The van der Waals surface area contributed by atoms with Crippen molar-refractivity contribution in [1.29, 1.82) is 0 Å².